The SMILES string of the molecule is CNC1=CC2C(N)C2C=C1. The van der Waals surface area contributed by atoms with E-state index >= 15 is 0 Å². The normalized spacial score (nSPS) is 42.2. The molecule has 0 aromatic heterocycles. The molecule has 3 N–H and O–H groups in total. The van der Waals surface area contributed by atoms with Crippen LogP contribution in [0.4, 0.5) is 0 Å². The maximum atomic E-state index is 5.77. The smallest absolute Gasteiger partial charge is 0.0297 e. The average Bonchev–Trinajstić information content (AvgIpc) is 2.62. The Morgan fingerprint density at radius 3 is 2.90 bits per heavy atom. The van der Waals surface area contributed by atoms with E-state index in [9.17, 15) is 0 Å². The molecule has 0 spiro atoms. The molecule has 3 atom stereocenters. The fourth-order valence-electron chi connectivity index (χ4n) is 1.51. The first-order valence-electron chi connectivity index (χ1n) is 3.66. The van der Waals surface area contributed by atoms with Crippen molar-refractivity contribution >= 4 is 0 Å². The van der Waals surface area contributed by atoms with Crippen molar-refractivity contribution in [2.45, 2.75) is 6.04 Å². The number of nitrogens with two attached hydrogens (primary N) is 1. The van der Waals surface area contributed by atoms with Gasteiger partial charge < -0.3 is 11.1 Å². The molecular formula is C8H12N2. The standard InChI is InChI=1S/C8H12N2/c1-10-5-2-3-6-7(4-5)8(6)9/h2-4,6-8,10H,9H2,1H3. The van der Waals surface area contributed by atoms with Gasteiger partial charge in [-0.05, 0) is 6.08 Å². The highest BCUT2D eigenvalue weighted by Gasteiger charge is 2.45. The number of hydrogen-bond donors (Lipinski definition) is 2. The minimum atomic E-state index is 0.391. The molecule has 0 aromatic rings. The third-order valence-corrected chi connectivity index (χ3v) is 2.35. The van der Waals surface area contributed by atoms with Gasteiger partial charge in [-0.15, -0.1) is 0 Å². The molecule has 54 valence electrons. The first-order chi connectivity index (χ1) is 4.83. The molecular weight excluding hydrogens is 124 g/mol. The quantitative estimate of drug-likeness (QED) is 0.541. The van der Waals surface area contributed by atoms with Crippen LogP contribution in [0.5, 0.6) is 0 Å². The first kappa shape index (κ1) is 5.98. The molecule has 1 saturated carbocycles. The number of allylic oxidation sites excluding steroid dienone is 1. The third-order valence-electron chi connectivity index (χ3n) is 2.35. The van der Waals surface area contributed by atoms with Gasteiger partial charge in [0.2, 0.25) is 0 Å². The van der Waals surface area contributed by atoms with Crippen molar-refractivity contribution in [3.8, 4) is 0 Å². The second-order valence-corrected chi connectivity index (χ2v) is 2.96. The average molecular weight is 136 g/mol. The van der Waals surface area contributed by atoms with Crippen LogP contribution in [0, 0.1) is 11.8 Å². The summed E-state index contributed by atoms with van der Waals surface area (Å²) in [5.74, 6) is 1.25. The molecule has 0 amide bonds. The second kappa shape index (κ2) is 1.86. The van der Waals surface area contributed by atoms with E-state index in [2.05, 4.69) is 23.5 Å². The Bertz CT molecular complexity index is 205. The highest BCUT2D eigenvalue weighted by molar-refractivity contribution is 5.33. The molecule has 2 rings (SSSR count). The maximum absolute atomic E-state index is 5.77. The Labute approximate surface area is 60.8 Å². The minimum absolute atomic E-state index is 0.391. The Balaban J connectivity index is 2.15. The van der Waals surface area contributed by atoms with Crippen molar-refractivity contribution in [3.63, 3.8) is 0 Å². The number of likely N-dealkylation sites (N-methyl/N-ethyl adjacent to an activating group) is 1. The lowest BCUT2D eigenvalue weighted by molar-refractivity contribution is 0.910. The summed E-state index contributed by atoms with van der Waals surface area (Å²) in [6.07, 6.45) is 6.52. The van der Waals surface area contributed by atoms with Crippen molar-refractivity contribution < 1.29 is 0 Å². The van der Waals surface area contributed by atoms with Gasteiger partial charge in [-0.2, -0.15) is 0 Å². The molecule has 2 aliphatic rings. The van der Waals surface area contributed by atoms with Crippen molar-refractivity contribution in [3.05, 3.63) is 23.9 Å². The molecule has 10 heavy (non-hydrogen) atoms. The molecule has 2 aliphatic carbocycles. The lowest BCUT2D eigenvalue weighted by Crippen LogP contribution is -2.05. The topological polar surface area (TPSA) is 38.0 Å². The summed E-state index contributed by atoms with van der Waals surface area (Å²) in [5.41, 5.74) is 6.97. The second-order valence-electron chi connectivity index (χ2n) is 2.96. The van der Waals surface area contributed by atoms with Crippen LogP contribution in [0.2, 0.25) is 0 Å². The van der Waals surface area contributed by atoms with Crippen LogP contribution in [0.15, 0.2) is 23.9 Å². The predicted molar refractivity (Wildman–Crippen MR) is 41.2 cm³/mol. The first-order valence-corrected chi connectivity index (χ1v) is 3.66. The largest absolute Gasteiger partial charge is 0.388 e. The Hall–Kier alpha value is -0.760. The van der Waals surface area contributed by atoms with Crippen LogP contribution in [0.3, 0.4) is 0 Å². The van der Waals surface area contributed by atoms with Crippen LogP contribution in [0.25, 0.3) is 0 Å². The summed E-state index contributed by atoms with van der Waals surface area (Å²) in [5, 5.41) is 3.10. The number of fused-ring (bicyclic) bond motifs is 1. The third kappa shape index (κ3) is 0.688. The van der Waals surface area contributed by atoms with Crippen molar-refractivity contribution in [1.82, 2.24) is 5.32 Å². The minimum Gasteiger partial charge on any atom is -0.388 e. The molecule has 0 radical (unpaired) electrons. The number of hydrogen-bond acceptors (Lipinski definition) is 2. The summed E-state index contributed by atoms with van der Waals surface area (Å²) in [6, 6.07) is 0.391. The maximum Gasteiger partial charge on any atom is 0.0297 e. The molecule has 0 saturated heterocycles. The molecule has 2 heteroatoms. The fraction of sp³-hybridized carbons (Fsp3) is 0.500. The highest BCUT2D eigenvalue weighted by Crippen LogP contribution is 2.42. The van der Waals surface area contributed by atoms with E-state index in [0.717, 1.165) is 0 Å². The summed E-state index contributed by atoms with van der Waals surface area (Å²) >= 11 is 0. The number of nitrogens with one attached hydrogen (secondary N) is 1. The van der Waals surface area contributed by atoms with Gasteiger partial charge in [-0.1, -0.05) is 12.2 Å². The van der Waals surface area contributed by atoms with Crippen LogP contribution in [-0.4, -0.2) is 13.1 Å². The highest BCUT2D eigenvalue weighted by atomic mass is 14.9. The van der Waals surface area contributed by atoms with E-state index in [-0.39, 0.29) is 0 Å². The van der Waals surface area contributed by atoms with Gasteiger partial charge in [0.05, 0.1) is 0 Å². The van der Waals surface area contributed by atoms with Gasteiger partial charge >= 0.3 is 0 Å². The van der Waals surface area contributed by atoms with E-state index in [4.69, 9.17) is 5.73 Å². The number of rotatable bonds is 1. The monoisotopic (exact) mass is 136 g/mol. The van der Waals surface area contributed by atoms with Gasteiger partial charge in [0, 0.05) is 30.6 Å². The van der Waals surface area contributed by atoms with E-state index in [1.165, 1.54) is 5.70 Å². The van der Waals surface area contributed by atoms with Crippen molar-refractivity contribution in [2.24, 2.45) is 17.6 Å². The van der Waals surface area contributed by atoms with Gasteiger partial charge in [0.15, 0.2) is 0 Å². The summed E-state index contributed by atoms with van der Waals surface area (Å²) in [6.45, 7) is 0. The predicted octanol–water partition coefficient (Wildman–Crippen LogP) is 0.233. The van der Waals surface area contributed by atoms with E-state index < -0.39 is 0 Å². The van der Waals surface area contributed by atoms with E-state index in [1.807, 2.05) is 7.05 Å². The Morgan fingerprint density at radius 2 is 2.30 bits per heavy atom. The Morgan fingerprint density at radius 1 is 1.50 bits per heavy atom. The van der Waals surface area contributed by atoms with Crippen LogP contribution >= 0.6 is 0 Å². The zero-order valence-corrected chi connectivity index (χ0v) is 6.04. The lowest BCUT2D eigenvalue weighted by atomic mass is 10.1. The molecule has 0 bridgehead atoms. The van der Waals surface area contributed by atoms with Crippen LogP contribution < -0.4 is 11.1 Å². The molecule has 1 fully saturated rings. The molecule has 2 nitrogen and oxygen atoms in total. The van der Waals surface area contributed by atoms with Gasteiger partial charge in [-0.25, -0.2) is 0 Å². The van der Waals surface area contributed by atoms with Crippen LogP contribution in [-0.2, 0) is 0 Å². The summed E-state index contributed by atoms with van der Waals surface area (Å²) in [4.78, 5) is 0. The fourth-order valence-corrected chi connectivity index (χ4v) is 1.51. The van der Waals surface area contributed by atoms with Gasteiger partial charge in [0.25, 0.3) is 0 Å². The molecule has 0 heterocycles. The van der Waals surface area contributed by atoms with E-state index in [0.29, 0.717) is 17.9 Å². The lowest BCUT2D eigenvalue weighted by Gasteiger charge is -2.02. The van der Waals surface area contributed by atoms with E-state index in [1.54, 1.807) is 0 Å². The molecule has 3 unspecified atom stereocenters. The molecule has 0 aliphatic heterocycles. The zero-order chi connectivity index (χ0) is 7.14. The summed E-state index contributed by atoms with van der Waals surface area (Å²) in [7, 11) is 1.93. The van der Waals surface area contributed by atoms with Gasteiger partial charge in [-0.3, -0.25) is 0 Å². The Kier molecular flexibility index (Phi) is 1.11. The van der Waals surface area contributed by atoms with Crippen molar-refractivity contribution in [1.29, 1.82) is 0 Å². The zero-order valence-electron chi connectivity index (χ0n) is 6.04. The van der Waals surface area contributed by atoms with Crippen LogP contribution in [0.1, 0.15) is 0 Å². The summed E-state index contributed by atoms with van der Waals surface area (Å²) < 4.78 is 0. The van der Waals surface area contributed by atoms with Crippen molar-refractivity contribution in [2.75, 3.05) is 7.05 Å². The molecule has 0 aromatic carbocycles. The van der Waals surface area contributed by atoms with Gasteiger partial charge in [0.1, 0.15) is 0 Å².